The van der Waals surface area contributed by atoms with Gasteiger partial charge in [-0.25, -0.2) is 4.39 Å². The Hall–Kier alpha value is -1.66. The van der Waals surface area contributed by atoms with E-state index in [0.29, 0.717) is 0 Å². The van der Waals surface area contributed by atoms with Crippen LogP contribution in [0.25, 0.3) is 0 Å². The molecule has 1 aromatic carbocycles. The van der Waals surface area contributed by atoms with E-state index < -0.39 is 17.6 Å². The molecule has 5 nitrogen and oxygen atoms in total. The third-order valence-electron chi connectivity index (χ3n) is 1.86. The van der Waals surface area contributed by atoms with Crippen molar-refractivity contribution in [3.8, 4) is 0 Å². The van der Waals surface area contributed by atoms with Crippen LogP contribution in [-0.4, -0.2) is 24.9 Å². The van der Waals surface area contributed by atoms with E-state index in [2.05, 4.69) is 10.6 Å². The molecular formula is C10H11ClFN3O2. The van der Waals surface area contributed by atoms with Crippen LogP contribution in [0.5, 0.6) is 0 Å². The van der Waals surface area contributed by atoms with E-state index in [9.17, 15) is 14.0 Å². The van der Waals surface area contributed by atoms with Gasteiger partial charge in [0.2, 0.25) is 11.8 Å². The van der Waals surface area contributed by atoms with Crippen molar-refractivity contribution < 1.29 is 14.0 Å². The Morgan fingerprint density at radius 1 is 1.35 bits per heavy atom. The molecule has 7 heteroatoms. The maximum atomic E-state index is 13.4. The second-order valence-electron chi connectivity index (χ2n) is 3.13. The number of carbonyl (C=O) groups excluding carboxylic acids is 2. The van der Waals surface area contributed by atoms with Crippen molar-refractivity contribution in [1.82, 2.24) is 5.32 Å². The monoisotopic (exact) mass is 259 g/mol. The standard InChI is InChI=1S/C10H11ClFN3O2/c11-6-2-1-3-7(10(6)12)15-9(17)5-14-8(16)4-13/h1-3H,4-5,13H2,(H,14,16)(H,15,17). The highest BCUT2D eigenvalue weighted by atomic mass is 35.5. The summed E-state index contributed by atoms with van der Waals surface area (Å²) in [5.41, 5.74) is 5.00. The van der Waals surface area contributed by atoms with Gasteiger partial charge in [0.15, 0.2) is 5.82 Å². The normalized spacial score (nSPS) is 9.82. The Kier molecular flexibility index (Phi) is 4.86. The zero-order valence-electron chi connectivity index (χ0n) is 8.80. The molecule has 1 aromatic rings. The van der Waals surface area contributed by atoms with Gasteiger partial charge in [-0.2, -0.15) is 0 Å². The number of amides is 2. The van der Waals surface area contributed by atoms with Gasteiger partial charge in [-0.15, -0.1) is 0 Å². The molecule has 0 aliphatic rings. The molecule has 0 aromatic heterocycles. The average molecular weight is 260 g/mol. The van der Waals surface area contributed by atoms with E-state index in [0.717, 1.165) is 0 Å². The molecule has 0 aliphatic heterocycles. The number of carbonyl (C=O) groups is 2. The summed E-state index contributed by atoms with van der Waals surface area (Å²) < 4.78 is 13.4. The predicted molar refractivity (Wildman–Crippen MR) is 62.1 cm³/mol. The summed E-state index contributed by atoms with van der Waals surface area (Å²) in [7, 11) is 0. The van der Waals surface area contributed by atoms with E-state index in [1.807, 2.05) is 0 Å². The molecule has 0 spiro atoms. The number of hydrogen-bond acceptors (Lipinski definition) is 3. The summed E-state index contributed by atoms with van der Waals surface area (Å²) in [6, 6.07) is 4.23. The molecule has 0 radical (unpaired) electrons. The Bertz CT molecular complexity index is 440. The minimum Gasteiger partial charge on any atom is -0.346 e. The zero-order chi connectivity index (χ0) is 12.8. The van der Waals surface area contributed by atoms with E-state index >= 15 is 0 Å². The van der Waals surface area contributed by atoms with Crippen LogP contribution >= 0.6 is 11.6 Å². The van der Waals surface area contributed by atoms with Crippen molar-refractivity contribution >= 4 is 29.1 Å². The van der Waals surface area contributed by atoms with Crippen LogP contribution in [0.2, 0.25) is 5.02 Å². The molecule has 0 aliphatic carbocycles. The molecule has 0 saturated heterocycles. The second-order valence-corrected chi connectivity index (χ2v) is 3.54. The largest absolute Gasteiger partial charge is 0.346 e. The summed E-state index contributed by atoms with van der Waals surface area (Å²) in [4.78, 5) is 22.1. The highest BCUT2D eigenvalue weighted by Crippen LogP contribution is 2.21. The first-order chi connectivity index (χ1) is 8.04. The number of rotatable bonds is 4. The topological polar surface area (TPSA) is 84.2 Å². The van der Waals surface area contributed by atoms with Crippen LogP contribution in [0.3, 0.4) is 0 Å². The highest BCUT2D eigenvalue weighted by molar-refractivity contribution is 6.31. The van der Waals surface area contributed by atoms with Crippen molar-refractivity contribution in [2.45, 2.75) is 0 Å². The first kappa shape index (κ1) is 13.4. The van der Waals surface area contributed by atoms with Crippen LogP contribution in [0.15, 0.2) is 18.2 Å². The maximum Gasteiger partial charge on any atom is 0.243 e. The van der Waals surface area contributed by atoms with Crippen LogP contribution < -0.4 is 16.4 Å². The maximum absolute atomic E-state index is 13.4. The van der Waals surface area contributed by atoms with Gasteiger partial charge in [-0.05, 0) is 12.1 Å². The van der Waals surface area contributed by atoms with Crippen molar-refractivity contribution in [3.63, 3.8) is 0 Å². The summed E-state index contributed by atoms with van der Waals surface area (Å²) in [5.74, 6) is -1.74. The molecule has 17 heavy (non-hydrogen) atoms. The molecule has 1 rings (SSSR count). The zero-order valence-corrected chi connectivity index (χ0v) is 9.55. The summed E-state index contributed by atoms with van der Waals surface area (Å²) in [6.07, 6.45) is 0. The number of nitrogens with one attached hydrogen (secondary N) is 2. The molecule has 4 N–H and O–H groups in total. The molecule has 0 bridgehead atoms. The number of benzene rings is 1. The Balaban J connectivity index is 2.56. The lowest BCUT2D eigenvalue weighted by molar-refractivity contribution is -0.123. The van der Waals surface area contributed by atoms with Gasteiger partial charge in [-0.1, -0.05) is 17.7 Å². The predicted octanol–water partition coefficient (Wildman–Crippen LogP) is 0.493. The van der Waals surface area contributed by atoms with Crippen molar-refractivity contribution in [1.29, 1.82) is 0 Å². The number of hydrogen-bond donors (Lipinski definition) is 3. The fraction of sp³-hybridized carbons (Fsp3) is 0.200. The van der Waals surface area contributed by atoms with Gasteiger partial charge >= 0.3 is 0 Å². The quantitative estimate of drug-likeness (QED) is 0.736. The third kappa shape index (κ3) is 4.01. The van der Waals surface area contributed by atoms with Gasteiger partial charge in [0.05, 0.1) is 23.8 Å². The van der Waals surface area contributed by atoms with Gasteiger partial charge in [-0.3, -0.25) is 9.59 Å². The number of halogens is 2. The lowest BCUT2D eigenvalue weighted by atomic mass is 10.3. The Morgan fingerprint density at radius 2 is 2.06 bits per heavy atom. The molecule has 2 amide bonds. The lowest BCUT2D eigenvalue weighted by Crippen LogP contribution is -2.36. The lowest BCUT2D eigenvalue weighted by Gasteiger charge is -2.07. The number of nitrogens with two attached hydrogens (primary N) is 1. The summed E-state index contributed by atoms with van der Waals surface area (Å²) in [6.45, 7) is -0.485. The van der Waals surface area contributed by atoms with Crippen LogP contribution in [-0.2, 0) is 9.59 Å². The SMILES string of the molecule is NCC(=O)NCC(=O)Nc1cccc(Cl)c1F. The van der Waals surface area contributed by atoms with Crippen molar-refractivity contribution in [3.05, 3.63) is 29.0 Å². The van der Waals surface area contributed by atoms with E-state index in [-0.39, 0.29) is 23.8 Å². The Morgan fingerprint density at radius 3 is 2.71 bits per heavy atom. The number of anilines is 1. The highest BCUT2D eigenvalue weighted by Gasteiger charge is 2.10. The molecular weight excluding hydrogens is 249 g/mol. The molecule has 0 unspecified atom stereocenters. The minimum absolute atomic E-state index is 0.0375. The van der Waals surface area contributed by atoms with Gasteiger partial charge in [0, 0.05) is 0 Å². The van der Waals surface area contributed by atoms with Crippen LogP contribution in [0.4, 0.5) is 10.1 Å². The summed E-state index contributed by atoms with van der Waals surface area (Å²) in [5, 5.41) is 4.44. The fourth-order valence-electron chi connectivity index (χ4n) is 1.05. The summed E-state index contributed by atoms with van der Waals surface area (Å²) >= 11 is 5.53. The van der Waals surface area contributed by atoms with Gasteiger partial charge in [0.25, 0.3) is 0 Å². The van der Waals surface area contributed by atoms with Gasteiger partial charge < -0.3 is 16.4 Å². The molecule has 92 valence electrons. The van der Waals surface area contributed by atoms with Gasteiger partial charge in [0.1, 0.15) is 0 Å². The molecule has 0 saturated carbocycles. The van der Waals surface area contributed by atoms with E-state index in [1.54, 1.807) is 0 Å². The third-order valence-corrected chi connectivity index (χ3v) is 2.15. The second kappa shape index (κ2) is 6.17. The first-order valence-electron chi connectivity index (χ1n) is 4.75. The fourth-order valence-corrected chi connectivity index (χ4v) is 1.22. The van der Waals surface area contributed by atoms with E-state index in [4.69, 9.17) is 17.3 Å². The molecule has 0 atom stereocenters. The minimum atomic E-state index is -0.715. The van der Waals surface area contributed by atoms with Crippen LogP contribution in [0.1, 0.15) is 0 Å². The molecule has 0 heterocycles. The average Bonchev–Trinajstić information content (AvgIpc) is 2.32. The van der Waals surface area contributed by atoms with E-state index in [1.165, 1.54) is 18.2 Å². The van der Waals surface area contributed by atoms with Crippen molar-refractivity contribution in [2.75, 3.05) is 18.4 Å². The Labute approximate surface area is 102 Å². The van der Waals surface area contributed by atoms with Crippen LogP contribution in [0, 0.1) is 5.82 Å². The molecule has 0 fully saturated rings. The smallest absolute Gasteiger partial charge is 0.243 e. The first-order valence-corrected chi connectivity index (χ1v) is 5.13. The van der Waals surface area contributed by atoms with Crippen molar-refractivity contribution in [2.24, 2.45) is 5.73 Å².